The fourth-order valence-corrected chi connectivity index (χ4v) is 7.36. The molecule has 0 saturated heterocycles. The number of benzene rings is 4. The minimum Gasteiger partial charge on any atom is -0.490 e. The van der Waals surface area contributed by atoms with Crippen LogP contribution < -0.4 is 28.4 Å². The first-order chi connectivity index (χ1) is 31.1. The molecule has 0 spiro atoms. The van der Waals surface area contributed by atoms with E-state index in [4.69, 9.17) is 37.9 Å². The maximum absolute atomic E-state index is 12.2. The number of carbonyl (C=O) groups excluding carboxylic acids is 2. The molecule has 0 aromatic heterocycles. The molecular formula is C54H76O10. The third-order valence-corrected chi connectivity index (χ3v) is 11.0. The van der Waals surface area contributed by atoms with E-state index >= 15 is 0 Å². The van der Waals surface area contributed by atoms with Gasteiger partial charge in [-0.15, -0.1) is 0 Å². The Morgan fingerprint density at radius 2 is 0.562 bits per heavy atom. The van der Waals surface area contributed by atoms with Crippen LogP contribution in [0.5, 0.6) is 34.5 Å². The lowest BCUT2D eigenvalue weighted by atomic mass is 9.93. The van der Waals surface area contributed by atoms with Gasteiger partial charge in [0.1, 0.15) is 26.4 Å². The molecule has 4 aromatic carbocycles. The van der Waals surface area contributed by atoms with Gasteiger partial charge in [0.15, 0.2) is 34.5 Å². The smallest absolute Gasteiger partial charge is 0.333 e. The topological polar surface area (TPSA) is 108 Å². The van der Waals surface area contributed by atoms with Crippen molar-refractivity contribution < 1.29 is 47.5 Å². The average Bonchev–Trinajstić information content (AvgIpc) is 3.28. The number of unbranched alkanes of at least 4 members (excludes halogenated alkanes) is 12. The average molecular weight is 885 g/mol. The van der Waals surface area contributed by atoms with Crippen molar-refractivity contribution in [3.05, 3.63) is 60.7 Å². The number of esters is 2. The third-order valence-electron chi connectivity index (χ3n) is 11.0. The zero-order valence-electron chi connectivity index (χ0n) is 39.9. The van der Waals surface area contributed by atoms with Crippen molar-refractivity contribution in [1.82, 2.24) is 0 Å². The van der Waals surface area contributed by atoms with E-state index in [0.29, 0.717) is 72.1 Å². The van der Waals surface area contributed by atoms with Gasteiger partial charge in [-0.3, -0.25) is 0 Å². The van der Waals surface area contributed by atoms with E-state index in [1.807, 2.05) is 12.1 Å². The molecule has 352 valence electrons. The fourth-order valence-electron chi connectivity index (χ4n) is 7.36. The quantitative estimate of drug-likeness (QED) is 0.0195. The number of hydrogen-bond donors (Lipinski definition) is 0. The maximum Gasteiger partial charge on any atom is 0.333 e. The van der Waals surface area contributed by atoms with E-state index in [1.165, 1.54) is 0 Å². The number of hydrogen-bond acceptors (Lipinski definition) is 10. The summed E-state index contributed by atoms with van der Waals surface area (Å²) < 4.78 is 49.8. The summed E-state index contributed by atoms with van der Waals surface area (Å²) in [6.45, 7) is 22.0. The van der Waals surface area contributed by atoms with E-state index < -0.39 is 11.9 Å². The van der Waals surface area contributed by atoms with Gasteiger partial charge in [0.2, 0.25) is 0 Å². The summed E-state index contributed by atoms with van der Waals surface area (Å²) in [5.41, 5.74) is 0.650. The second-order valence-electron chi connectivity index (χ2n) is 16.7. The third kappa shape index (κ3) is 16.1. The summed E-state index contributed by atoms with van der Waals surface area (Å²) in [6.07, 6.45) is 17.1. The van der Waals surface area contributed by atoms with Crippen molar-refractivity contribution in [2.75, 3.05) is 52.9 Å². The Labute approximate surface area is 382 Å². The molecular weight excluding hydrogens is 809 g/mol. The van der Waals surface area contributed by atoms with Crippen LogP contribution in [0.25, 0.3) is 32.3 Å². The van der Waals surface area contributed by atoms with Gasteiger partial charge in [0, 0.05) is 11.1 Å². The Kier molecular flexibility index (Phi) is 23.0. The number of fused-ring (bicyclic) bond motifs is 6. The van der Waals surface area contributed by atoms with Crippen LogP contribution in [0.2, 0.25) is 0 Å². The molecule has 0 unspecified atom stereocenters. The van der Waals surface area contributed by atoms with Crippen molar-refractivity contribution in [3.63, 3.8) is 0 Å². The number of ether oxygens (including phenoxy) is 8. The molecule has 0 amide bonds. The van der Waals surface area contributed by atoms with Gasteiger partial charge in [-0.05, 0) is 108 Å². The first-order valence-corrected chi connectivity index (χ1v) is 24.1. The maximum atomic E-state index is 12.2. The van der Waals surface area contributed by atoms with E-state index in [2.05, 4.69) is 65.1 Å². The highest BCUT2D eigenvalue weighted by molar-refractivity contribution is 6.26. The predicted octanol–water partition coefficient (Wildman–Crippen LogP) is 14.0. The molecule has 0 fully saturated rings. The molecule has 0 N–H and O–H groups in total. The second kappa shape index (κ2) is 28.6. The number of carbonyl (C=O) groups is 2. The summed E-state index contributed by atoms with van der Waals surface area (Å²) in [7, 11) is 0. The zero-order chi connectivity index (χ0) is 46.1. The predicted molar refractivity (Wildman–Crippen MR) is 260 cm³/mol. The first kappa shape index (κ1) is 51.5. The van der Waals surface area contributed by atoms with Crippen LogP contribution in [0.1, 0.15) is 144 Å². The van der Waals surface area contributed by atoms with Crippen molar-refractivity contribution in [2.24, 2.45) is 0 Å². The van der Waals surface area contributed by atoms with Crippen molar-refractivity contribution in [1.29, 1.82) is 0 Å². The molecule has 10 heteroatoms. The Balaban J connectivity index is 1.97. The van der Waals surface area contributed by atoms with Gasteiger partial charge >= 0.3 is 11.9 Å². The largest absolute Gasteiger partial charge is 0.490 e. The highest BCUT2D eigenvalue weighted by atomic mass is 16.6. The second-order valence-corrected chi connectivity index (χ2v) is 16.7. The molecule has 4 aromatic rings. The standard InChI is InChI=1S/C54H76O10/c1-9-13-17-21-25-57-47-33-41-42(34-48(47)58-26-22-18-14-10-2)44-36-50(60-28-24-20-16-12-4)52(62-30-32-64-54(56)40(7)8)38-46(44)45-37-51(61-29-31-63-53(55)39(5)6)49(35-43(41)45)59-27-23-19-15-11-3/h33-38H,5,7,9-32H2,1-4,6,8H3. The van der Waals surface area contributed by atoms with E-state index in [1.54, 1.807) is 13.8 Å². The Hall–Kier alpha value is -5.12. The lowest BCUT2D eigenvalue weighted by molar-refractivity contribution is -0.140. The van der Waals surface area contributed by atoms with Crippen LogP contribution in [0.15, 0.2) is 60.7 Å². The lowest BCUT2D eigenvalue weighted by Crippen LogP contribution is -2.13. The summed E-state index contributed by atoms with van der Waals surface area (Å²) in [5, 5.41) is 5.60. The first-order valence-electron chi connectivity index (χ1n) is 24.1. The molecule has 0 bridgehead atoms. The van der Waals surface area contributed by atoms with Crippen molar-refractivity contribution >= 4 is 44.3 Å². The van der Waals surface area contributed by atoms with Crippen LogP contribution in [0.3, 0.4) is 0 Å². The van der Waals surface area contributed by atoms with Gasteiger partial charge in [-0.1, -0.05) is 118 Å². The lowest BCUT2D eigenvalue weighted by Gasteiger charge is -2.21. The summed E-state index contributed by atoms with van der Waals surface area (Å²) in [6, 6.07) is 12.4. The minimum absolute atomic E-state index is 0.0468. The summed E-state index contributed by atoms with van der Waals surface area (Å²) in [4.78, 5) is 24.4. The van der Waals surface area contributed by atoms with E-state index in [9.17, 15) is 9.59 Å². The molecule has 10 nitrogen and oxygen atoms in total. The Morgan fingerprint density at radius 1 is 0.344 bits per heavy atom. The molecule has 64 heavy (non-hydrogen) atoms. The highest BCUT2D eigenvalue weighted by Crippen LogP contribution is 2.47. The normalized spacial score (nSPS) is 11.2. The van der Waals surface area contributed by atoms with Gasteiger partial charge < -0.3 is 37.9 Å². The molecule has 4 rings (SSSR count). The van der Waals surface area contributed by atoms with E-state index in [-0.39, 0.29) is 26.4 Å². The van der Waals surface area contributed by atoms with Gasteiger partial charge in [0.05, 0.1) is 26.4 Å². The molecule has 0 heterocycles. The van der Waals surface area contributed by atoms with Gasteiger partial charge in [0.25, 0.3) is 0 Å². The molecule has 0 atom stereocenters. The number of rotatable bonds is 34. The monoisotopic (exact) mass is 885 g/mol. The van der Waals surface area contributed by atoms with Crippen molar-refractivity contribution in [2.45, 2.75) is 144 Å². The van der Waals surface area contributed by atoms with Gasteiger partial charge in [-0.25, -0.2) is 9.59 Å². The minimum atomic E-state index is -0.468. The fraction of sp³-hybridized carbons (Fsp3) is 0.556. The van der Waals surface area contributed by atoms with Crippen LogP contribution in [0, 0.1) is 0 Å². The van der Waals surface area contributed by atoms with Gasteiger partial charge in [-0.2, -0.15) is 0 Å². The summed E-state index contributed by atoms with van der Waals surface area (Å²) >= 11 is 0. The molecule has 0 aliphatic rings. The van der Waals surface area contributed by atoms with Crippen molar-refractivity contribution in [3.8, 4) is 34.5 Å². The SMILES string of the molecule is C=C(C)C(=O)OCCOc1cc2c(cc1OCCCCCC)c1cc(OCCCCCC)c(OCCCCCC)cc1c1cc(OCCCCCC)c(OCCOC(=O)C(=C)C)cc12. The molecule has 0 radical (unpaired) electrons. The van der Waals surface area contributed by atoms with Crippen LogP contribution in [-0.2, 0) is 19.1 Å². The summed E-state index contributed by atoms with van der Waals surface area (Å²) in [5.74, 6) is 2.72. The highest BCUT2D eigenvalue weighted by Gasteiger charge is 2.21. The van der Waals surface area contributed by atoms with E-state index in [0.717, 1.165) is 135 Å². The Morgan fingerprint density at radius 3 is 0.766 bits per heavy atom. The zero-order valence-corrected chi connectivity index (χ0v) is 39.9. The molecule has 0 aliphatic carbocycles. The van der Waals surface area contributed by atoms with Crippen LogP contribution in [-0.4, -0.2) is 64.8 Å². The Bertz CT molecular complexity index is 1960. The molecule has 0 aliphatic heterocycles. The van der Waals surface area contributed by atoms with Crippen LogP contribution >= 0.6 is 0 Å². The van der Waals surface area contributed by atoms with Crippen LogP contribution in [0.4, 0.5) is 0 Å². The molecule has 0 saturated carbocycles.